The predicted molar refractivity (Wildman–Crippen MR) is 184 cm³/mol. The maximum atomic E-state index is 13.8. The molecule has 1 amide bonds. The number of fused-ring (bicyclic) bond motifs is 5. The van der Waals surface area contributed by atoms with Gasteiger partial charge in [0.1, 0.15) is 16.9 Å². The van der Waals surface area contributed by atoms with Crippen LogP contribution < -0.4 is 20.5 Å². The number of carboxylic acids is 1. The molecule has 3 fully saturated rings. The minimum atomic E-state index is -1.27. The summed E-state index contributed by atoms with van der Waals surface area (Å²) in [6.07, 6.45) is 5.56. The van der Waals surface area contributed by atoms with Crippen LogP contribution in [-0.2, 0) is 13.6 Å². The number of methoxy groups -OCH3 is 1. The summed E-state index contributed by atoms with van der Waals surface area (Å²) in [6.45, 7) is 1.49. The normalized spacial score (nSPS) is 20.2. The van der Waals surface area contributed by atoms with Crippen molar-refractivity contribution in [1.29, 1.82) is 0 Å². The van der Waals surface area contributed by atoms with Gasteiger partial charge >= 0.3 is 11.8 Å². The third-order valence-electron chi connectivity index (χ3n) is 10.9. The van der Waals surface area contributed by atoms with Gasteiger partial charge in [-0.25, -0.2) is 19.3 Å². The molecule has 2 aliphatic carbocycles. The zero-order chi connectivity index (χ0) is 33.7. The van der Waals surface area contributed by atoms with Crippen molar-refractivity contribution in [3.63, 3.8) is 0 Å². The molecule has 12 heteroatoms. The summed E-state index contributed by atoms with van der Waals surface area (Å²) in [4.78, 5) is 51.9. The number of ether oxygens (including phenoxy) is 1. The summed E-state index contributed by atoms with van der Waals surface area (Å²) >= 11 is 0. The van der Waals surface area contributed by atoms with Crippen LogP contribution in [0, 0.1) is 11.8 Å². The number of piperidine rings is 1. The number of carboxylic acid groups (broad SMARTS) is 1. The van der Waals surface area contributed by atoms with Crippen LogP contribution in [0.2, 0.25) is 0 Å². The molecule has 2 unspecified atom stereocenters. The topological polar surface area (TPSA) is 163 Å². The van der Waals surface area contributed by atoms with Gasteiger partial charge < -0.3 is 30.0 Å². The lowest BCUT2D eigenvalue weighted by Gasteiger charge is -2.27. The molecule has 1 aliphatic heterocycles. The van der Waals surface area contributed by atoms with Gasteiger partial charge in [0.2, 0.25) is 10.9 Å². The van der Waals surface area contributed by atoms with E-state index in [-0.39, 0.29) is 23.6 Å². The fourth-order valence-corrected chi connectivity index (χ4v) is 8.10. The number of benzene rings is 2. The number of amides is 1. The van der Waals surface area contributed by atoms with E-state index in [0.29, 0.717) is 51.9 Å². The Morgan fingerprint density at radius 3 is 2.63 bits per heavy atom. The number of aromatic amines is 2. The van der Waals surface area contributed by atoms with Crippen LogP contribution in [0.15, 0.2) is 59.5 Å². The van der Waals surface area contributed by atoms with Gasteiger partial charge in [0, 0.05) is 64.9 Å². The number of hydrogen-bond donors (Lipinski definition) is 4. The maximum absolute atomic E-state index is 13.8. The van der Waals surface area contributed by atoms with E-state index in [1.165, 1.54) is 6.20 Å². The molecule has 49 heavy (non-hydrogen) atoms. The number of aromatic nitrogens is 5. The Morgan fingerprint density at radius 2 is 1.92 bits per heavy atom. The van der Waals surface area contributed by atoms with Crippen molar-refractivity contribution in [2.45, 2.75) is 44.3 Å². The van der Waals surface area contributed by atoms with Crippen molar-refractivity contribution < 1.29 is 24.0 Å². The van der Waals surface area contributed by atoms with Gasteiger partial charge in [0.15, 0.2) is 11.3 Å². The molecule has 1 saturated heterocycles. The highest BCUT2D eigenvalue weighted by Gasteiger charge is 2.47. The second kappa shape index (κ2) is 10.8. The molecule has 3 atom stereocenters. The number of hydrogen-bond acceptors (Lipinski definition) is 6. The number of carbonyl (C=O) groups excluding carboxylic acids is 1. The molecule has 12 nitrogen and oxygen atoms in total. The summed E-state index contributed by atoms with van der Waals surface area (Å²) in [6, 6.07) is 15.3. The van der Waals surface area contributed by atoms with Crippen molar-refractivity contribution in [2.24, 2.45) is 24.6 Å². The maximum Gasteiger partial charge on any atom is 0.341 e. The first-order valence-electron chi connectivity index (χ1n) is 16.8. The fourth-order valence-electron chi connectivity index (χ4n) is 8.10. The summed E-state index contributed by atoms with van der Waals surface area (Å²) in [5.41, 5.74) is 11.5. The van der Waals surface area contributed by atoms with Gasteiger partial charge in [0.25, 0.3) is 5.91 Å². The van der Waals surface area contributed by atoms with Crippen LogP contribution in [0.4, 0.5) is 0 Å². The Kier molecular flexibility index (Phi) is 6.51. The molecule has 2 saturated carbocycles. The number of aryl methyl sites for hydroxylation is 1. The Hall–Kier alpha value is -5.49. The van der Waals surface area contributed by atoms with Gasteiger partial charge in [-0.3, -0.25) is 9.59 Å². The van der Waals surface area contributed by atoms with Gasteiger partial charge in [-0.05, 0) is 73.9 Å². The number of pyridine rings is 2. The summed E-state index contributed by atoms with van der Waals surface area (Å²) in [5, 5.41) is 10.7. The number of nitrogens with zero attached hydrogens (tertiary/aromatic N) is 4. The van der Waals surface area contributed by atoms with Crippen molar-refractivity contribution in [1.82, 2.24) is 24.4 Å². The first-order valence-corrected chi connectivity index (χ1v) is 16.8. The highest BCUT2D eigenvalue weighted by atomic mass is 16.5. The Morgan fingerprint density at radius 1 is 1.08 bits per heavy atom. The number of imidazole rings is 1. The van der Waals surface area contributed by atoms with Gasteiger partial charge in [-0.15, -0.1) is 0 Å². The molecular weight excluding hydrogens is 622 g/mol. The Balaban J connectivity index is 1.15. The van der Waals surface area contributed by atoms with Crippen molar-refractivity contribution >= 4 is 44.8 Å². The van der Waals surface area contributed by atoms with E-state index >= 15 is 0 Å². The number of rotatable bonds is 7. The Bertz CT molecular complexity index is 2440. The predicted octanol–water partition coefficient (Wildman–Crippen LogP) is 4.20. The quantitative estimate of drug-likeness (QED) is 0.187. The Labute approximate surface area is 280 Å². The lowest BCUT2D eigenvalue weighted by atomic mass is 10.1. The van der Waals surface area contributed by atoms with Crippen molar-refractivity contribution in [3.05, 3.63) is 76.1 Å². The van der Waals surface area contributed by atoms with Crippen LogP contribution in [0.1, 0.15) is 46.4 Å². The van der Waals surface area contributed by atoms with E-state index in [9.17, 15) is 19.5 Å². The fraction of sp³-hybridized carbons (Fsp3) is 0.324. The van der Waals surface area contributed by atoms with E-state index in [1.54, 1.807) is 19.2 Å². The van der Waals surface area contributed by atoms with Crippen molar-refractivity contribution in [3.8, 4) is 28.5 Å². The zero-order valence-electron chi connectivity index (χ0n) is 27.2. The number of carbonyl (C=O) groups is 2. The number of likely N-dealkylation sites (tertiary alicyclic amines) is 1. The second-order valence-corrected chi connectivity index (χ2v) is 13.8. The third kappa shape index (κ3) is 4.57. The molecule has 0 spiro atoms. The monoisotopic (exact) mass is 658 g/mol. The molecular formula is C37H36N7O5+. The molecule has 9 rings (SSSR count). The van der Waals surface area contributed by atoms with E-state index in [0.717, 1.165) is 65.8 Å². The minimum absolute atomic E-state index is 0.0175. The molecule has 6 aromatic rings. The molecule has 2 aromatic carbocycles. The van der Waals surface area contributed by atoms with Crippen molar-refractivity contribution in [2.75, 3.05) is 13.7 Å². The van der Waals surface area contributed by atoms with Crippen LogP contribution >= 0.6 is 0 Å². The number of nitrogens with two attached hydrogens (primary N) is 1. The van der Waals surface area contributed by atoms with Gasteiger partial charge in [-0.1, -0.05) is 6.07 Å². The zero-order valence-corrected chi connectivity index (χ0v) is 27.2. The number of nitrogens with one attached hydrogen (secondary N) is 2. The standard InChI is InChI=1S/C37H35N7O5/c1-42-32-27(12-22(14-30(32)49-2)36(46)44-17-21-7-10-28(44)31(21)38)41-35(42)29-13-20-6-8-25(40-34(20)43(29)16-18-3-4-18)19-5-9-26-23(11-19)33(45)24(15-39-26)37(47)48/h5-6,8-9,11-15,18,21,28,31H,3-4,7,10,16-17,38H2,1-2H3,(H2,39,40,41,45,47,48)/p+1/t21?,28?,31-/m1/s1. The summed E-state index contributed by atoms with van der Waals surface area (Å²) in [7, 11) is 3.62. The number of aromatic carboxylic acids is 1. The molecule has 0 radical (unpaired) electrons. The highest BCUT2D eigenvalue weighted by molar-refractivity contribution is 5.99. The van der Waals surface area contributed by atoms with Crippen LogP contribution in [0.5, 0.6) is 5.75 Å². The summed E-state index contributed by atoms with van der Waals surface area (Å²) in [5.74, 6) is 1.10. The van der Waals surface area contributed by atoms with Gasteiger partial charge in [0.05, 0.1) is 19.9 Å². The first kappa shape index (κ1) is 29.6. The first-order chi connectivity index (χ1) is 23.7. The van der Waals surface area contributed by atoms with E-state index in [4.69, 9.17) is 15.5 Å². The van der Waals surface area contributed by atoms with Crippen LogP contribution in [0.3, 0.4) is 0 Å². The molecule has 3 aliphatic rings. The lowest BCUT2D eigenvalue weighted by molar-refractivity contribution is -0.633. The van der Waals surface area contributed by atoms with Crippen LogP contribution in [0.25, 0.3) is 55.7 Å². The largest absolute Gasteiger partial charge is 0.492 e. The minimum Gasteiger partial charge on any atom is -0.492 e. The van der Waals surface area contributed by atoms with Gasteiger partial charge in [-0.2, -0.15) is 0 Å². The molecule has 5 N–H and O–H groups in total. The van der Waals surface area contributed by atoms with E-state index in [2.05, 4.69) is 25.2 Å². The van der Waals surface area contributed by atoms with E-state index < -0.39 is 11.4 Å². The summed E-state index contributed by atoms with van der Waals surface area (Å²) < 4.78 is 10.2. The second-order valence-electron chi connectivity index (χ2n) is 13.8. The molecule has 4 aromatic heterocycles. The molecule has 248 valence electrons. The number of H-pyrrole nitrogens is 2. The molecule has 2 bridgehead atoms. The average Bonchev–Trinajstić information content (AvgIpc) is 3.51. The van der Waals surface area contributed by atoms with E-state index in [1.807, 2.05) is 42.3 Å². The van der Waals surface area contributed by atoms with Crippen LogP contribution in [-0.4, -0.2) is 67.1 Å². The lowest BCUT2D eigenvalue weighted by Crippen LogP contribution is -2.41. The highest BCUT2D eigenvalue weighted by Crippen LogP contribution is 2.39. The molecule has 5 heterocycles. The average molecular weight is 659 g/mol. The third-order valence-corrected chi connectivity index (χ3v) is 10.9. The smallest absolute Gasteiger partial charge is 0.341 e. The SMILES string of the molecule is COc1cc(C(=O)N2CC3CCC2[C@@H]3N)cc2[nH]c(-c3cc4ccc(-c5ccc6[nH]cc(C(=O)O)c(=O)c6c5)nc4n3CC3CC3)[n+](C)c12.